The molecule has 1 aliphatic heterocycles. The van der Waals surface area contributed by atoms with Gasteiger partial charge in [-0.2, -0.15) is 0 Å². The second-order valence-corrected chi connectivity index (χ2v) is 8.55. The second-order valence-electron chi connectivity index (χ2n) is 8.55. The molecule has 1 aliphatic rings. The molecule has 1 N–H and O–H groups in total. The summed E-state index contributed by atoms with van der Waals surface area (Å²) in [4.78, 5) is 31.6. The van der Waals surface area contributed by atoms with Crippen molar-refractivity contribution in [3.63, 3.8) is 0 Å². The van der Waals surface area contributed by atoms with Crippen LogP contribution in [0.5, 0.6) is 0 Å². The van der Waals surface area contributed by atoms with Crippen LogP contribution in [0.3, 0.4) is 0 Å². The summed E-state index contributed by atoms with van der Waals surface area (Å²) in [6, 6.07) is 6.85. The number of pyridine rings is 3. The van der Waals surface area contributed by atoms with Crippen LogP contribution in [0.25, 0.3) is 22.2 Å². The molecule has 0 bridgehead atoms. The van der Waals surface area contributed by atoms with Crippen LogP contribution in [0.2, 0.25) is 0 Å². The highest BCUT2D eigenvalue weighted by Gasteiger charge is 2.43. The molecule has 0 atom stereocenters. The second kappa shape index (κ2) is 8.04. The number of rotatable bonds is 4. The van der Waals surface area contributed by atoms with Crippen molar-refractivity contribution in [2.24, 2.45) is 7.05 Å². The van der Waals surface area contributed by atoms with Crippen molar-refractivity contribution >= 4 is 59.8 Å². The van der Waals surface area contributed by atoms with Gasteiger partial charge in [-0.3, -0.25) is 9.78 Å². The number of imidazole rings is 1. The van der Waals surface area contributed by atoms with Gasteiger partial charge < -0.3 is 14.8 Å². The standard InChI is InChI=1S/C22H17B4N7O/c1-32-12-27-11-17(32)15-6-14-7-18(30-10-16(14)29-9-15)31-20(34)13-2-5-28-19(8-13)33-21(23,24)3-4-22(33,25)26/h2,5-12H,3-4H2,1H3,(H,30,31,34). The van der Waals surface area contributed by atoms with Crippen molar-refractivity contribution < 1.29 is 4.79 Å². The van der Waals surface area contributed by atoms with Gasteiger partial charge in [-0.15, -0.1) is 0 Å². The zero-order chi connectivity index (χ0) is 24.1. The molecule has 0 spiro atoms. The molecule has 8 nitrogen and oxygen atoms in total. The lowest BCUT2D eigenvalue weighted by atomic mass is 9.58. The van der Waals surface area contributed by atoms with E-state index >= 15 is 0 Å². The number of nitrogens with zero attached hydrogens (tertiary/aromatic N) is 6. The van der Waals surface area contributed by atoms with Crippen molar-refractivity contribution in [3.05, 3.63) is 60.9 Å². The Morgan fingerprint density at radius 3 is 2.47 bits per heavy atom. The maximum absolute atomic E-state index is 13.0. The molecule has 34 heavy (non-hydrogen) atoms. The largest absolute Gasteiger partial charge is 0.380 e. The first kappa shape index (κ1) is 22.3. The lowest BCUT2D eigenvalue weighted by molar-refractivity contribution is 0.102. The molecule has 0 unspecified atom stereocenters. The van der Waals surface area contributed by atoms with Crippen LogP contribution < -0.4 is 10.2 Å². The van der Waals surface area contributed by atoms with Gasteiger partial charge in [-0.1, -0.05) is 0 Å². The fourth-order valence-corrected chi connectivity index (χ4v) is 4.18. The summed E-state index contributed by atoms with van der Waals surface area (Å²) in [6.45, 7) is 0. The molecule has 158 valence electrons. The van der Waals surface area contributed by atoms with Gasteiger partial charge in [0.15, 0.2) is 0 Å². The zero-order valence-electron chi connectivity index (χ0n) is 18.5. The summed E-state index contributed by atoms with van der Waals surface area (Å²) in [5.74, 6) is 0.307. The number of fused-ring (bicyclic) bond motifs is 1. The lowest BCUT2D eigenvalue weighted by Crippen LogP contribution is -2.56. The van der Waals surface area contributed by atoms with Gasteiger partial charge >= 0.3 is 0 Å². The van der Waals surface area contributed by atoms with E-state index in [0.717, 1.165) is 16.6 Å². The van der Waals surface area contributed by atoms with E-state index < -0.39 is 10.7 Å². The van der Waals surface area contributed by atoms with E-state index in [1.807, 2.05) is 17.7 Å². The zero-order valence-corrected chi connectivity index (χ0v) is 18.5. The minimum atomic E-state index is -1.27. The van der Waals surface area contributed by atoms with Gasteiger partial charge in [0.1, 0.15) is 11.6 Å². The third-order valence-corrected chi connectivity index (χ3v) is 5.92. The molecule has 0 aliphatic carbocycles. The number of nitrogens with one attached hydrogen (secondary N) is 1. The van der Waals surface area contributed by atoms with Crippen molar-refractivity contribution in [2.45, 2.75) is 23.5 Å². The molecule has 12 heteroatoms. The topological polar surface area (TPSA) is 88.8 Å². The smallest absolute Gasteiger partial charge is 0.257 e. The average molecular weight is 439 g/mol. The van der Waals surface area contributed by atoms with Crippen LogP contribution in [0, 0.1) is 0 Å². The number of aromatic nitrogens is 5. The van der Waals surface area contributed by atoms with Crippen molar-refractivity contribution in [1.82, 2.24) is 24.5 Å². The van der Waals surface area contributed by atoms with E-state index in [1.165, 1.54) is 11.1 Å². The fraction of sp³-hybridized carbons (Fsp3) is 0.227. The third kappa shape index (κ3) is 3.97. The van der Waals surface area contributed by atoms with Crippen molar-refractivity contribution in [3.8, 4) is 11.3 Å². The van der Waals surface area contributed by atoms with Crippen molar-refractivity contribution in [1.29, 1.82) is 0 Å². The van der Waals surface area contributed by atoms with E-state index in [-0.39, 0.29) is 5.91 Å². The molecule has 1 amide bonds. The van der Waals surface area contributed by atoms with Crippen LogP contribution in [-0.4, -0.2) is 72.5 Å². The molecular weight excluding hydrogens is 422 g/mol. The number of carbonyl (C=O) groups is 1. The van der Waals surface area contributed by atoms with Crippen molar-refractivity contribution in [2.75, 3.05) is 10.2 Å². The molecule has 4 aromatic heterocycles. The van der Waals surface area contributed by atoms with Gasteiger partial charge in [0, 0.05) is 36.0 Å². The van der Waals surface area contributed by atoms with E-state index in [2.05, 4.69) is 25.3 Å². The summed E-state index contributed by atoms with van der Waals surface area (Å²) >= 11 is 0. The van der Waals surface area contributed by atoms with Gasteiger partial charge in [-0.05, 0) is 47.8 Å². The van der Waals surface area contributed by atoms with Gasteiger partial charge in [-0.25, -0.2) is 15.0 Å². The first-order valence-corrected chi connectivity index (χ1v) is 10.6. The van der Waals surface area contributed by atoms with Crippen LogP contribution in [0.1, 0.15) is 23.2 Å². The van der Waals surface area contributed by atoms with Crippen LogP contribution >= 0.6 is 0 Å². The summed E-state index contributed by atoms with van der Waals surface area (Å²) in [7, 11) is 26.6. The minimum Gasteiger partial charge on any atom is -0.380 e. The number of hydrogen-bond acceptors (Lipinski definition) is 6. The highest BCUT2D eigenvalue weighted by molar-refractivity contribution is 6.48. The highest BCUT2D eigenvalue weighted by Crippen LogP contribution is 2.37. The minimum absolute atomic E-state index is 0.316. The molecule has 5 heterocycles. The molecule has 8 radical (unpaired) electrons. The van der Waals surface area contributed by atoms with Gasteiger partial charge in [0.05, 0.1) is 61.3 Å². The van der Waals surface area contributed by atoms with E-state index in [9.17, 15) is 4.79 Å². The number of anilines is 2. The van der Waals surface area contributed by atoms with Gasteiger partial charge in [0.2, 0.25) is 0 Å². The predicted molar refractivity (Wildman–Crippen MR) is 134 cm³/mol. The Hall–Kier alpha value is -3.55. The highest BCUT2D eigenvalue weighted by atomic mass is 16.1. The number of aryl methyl sites for hydroxylation is 1. The lowest BCUT2D eigenvalue weighted by Gasteiger charge is -2.44. The van der Waals surface area contributed by atoms with E-state index in [4.69, 9.17) is 31.4 Å². The van der Waals surface area contributed by atoms with E-state index in [0.29, 0.717) is 35.6 Å². The normalized spacial score (nSPS) is 16.6. The molecule has 1 fully saturated rings. The summed E-state index contributed by atoms with van der Waals surface area (Å²) in [5, 5.41) is 1.08. The molecular formula is C22H17B4N7O. The van der Waals surface area contributed by atoms with Gasteiger partial charge in [0.25, 0.3) is 5.91 Å². The van der Waals surface area contributed by atoms with Crippen LogP contribution in [0.15, 0.2) is 55.4 Å². The Balaban J connectivity index is 1.42. The monoisotopic (exact) mass is 439 g/mol. The first-order chi connectivity index (χ1) is 16.1. The van der Waals surface area contributed by atoms with Crippen LogP contribution in [0.4, 0.5) is 11.6 Å². The predicted octanol–water partition coefficient (Wildman–Crippen LogP) is 1.26. The molecule has 4 aromatic rings. The molecule has 1 saturated heterocycles. The Labute approximate surface area is 202 Å². The third-order valence-electron chi connectivity index (χ3n) is 5.92. The molecule has 0 aromatic carbocycles. The summed E-state index contributed by atoms with van der Waals surface area (Å²) < 4.78 is 1.91. The Bertz CT molecular complexity index is 1390. The quantitative estimate of drug-likeness (QED) is 0.483. The maximum atomic E-state index is 13.0. The number of carbonyl (C=O) groups excluding carboxylic acids is 1. The molecule has 5 rings (SSSR count). The summed E-state index contributed by atoms with van der Waals surface area (Å²) in [5.41, 5.74) is 2.86. The SMILES string of the molecule is [B]C1([B])CCC([B])([B])N1c1cc(C(=O)Nc2cc3cc(-c4cncn4C)cnc3cn2)ccn1. The Kier molecular flexibility index (Phi) is 5.26. The Morgan fingerprint density at radius 1 is 1.00 bits per heavy atom. The Morgan fingerprint density at radius 2 is 1.76 bits per heavy atom. The van der Waals surface area contributed by atoms with E-state index in [1.54, 1.807) is 43.1 Å². The number of amides is 1. The summed E-state index contributed by atoms with van der Waals surface area (Å²) in [6.07, 6.45) is 9.10. The number of hydrogen-bond donors (Lipinski definition) is 1. The maximum Gasteiger partial charge on any atom is 0.257 e. The fourth-order valence-electron chi connectivity index (χ4n) is 4.18. The molecule has 0 saturated carbocycles. The first-order valence-electron chi connectivity index (χ1n) is 10.6. The van der Waals surface area contributed by atoms with Crippen LogP contribution in [-0.2, 0) is 7.05 Å². The average Bonchev–Trinajstić information content (AvgIpc) is 3.32.